The average Bonchev–Trinajstić information content (AvgIpc) is 3.04. The molecule has 0 saturated carbocycles. The van der Waals surface area contributed by atoms with Crippen LogP contribution in [0, 0.1) is 0 Å². The van der Waals surface area contributed by atoms with Gasteiger partial charge in [0.2, 0.25) is 0 Å². The molecule has 0 N–H and O–H groups in total. The summed E-state index contributed by atoms with van der Waals surface area (Å²) < 4.78 is 0. The lowest BCUT2D eigenvalue weighted by molar-refractivity contribution is 0.347. The van der Waals surface area contributed by atoms with E-state index in [1.165, 1.54) is 39.3 Å². The van der Waals surface area contributed by atoms with Crippen LogP contribution in [0.25, 0.3) is 16.7 Å². The third-order valence-corrected chi connectivity index (χ3v) is 6.46. The normalized spacial score (nSPS) is 20.9. The first-order valence-electron chi connectivity index (χ1n) is 10.7. The number of nitrogens with zero attached hydrogens (tertiary/aromatic N) is 2. The van der Waals surface area contributed by atoms with Gasteiger partial charge in [-0.2, -0.15) is 0 Å². The number of rotatable bonds is 3. The van der Waals surface area contributed by atoms with Gasteiger partial charge in [0.25, 0.3) is 0 Å². The molecule has 5 rings (SSSR count). The lowest BCUT2D eigenvalue weighted by Gasteiger charge is -2.33. The summed E-state index contributed by atoms with van der Waals surface area (Å²) in [6.07, 6.45) is 16.2. The molecular formula is C27H28N2. The van der Waals surface area contributed by atoms with E-state index >= 15 is 0 Å². The van der Waals surface area contributed by atoms with Gasteiger partial charge in [-0.1, -0.05) is 72.8 Å². The first-order chi connectivity index (χ1) is 14.3. The molecule has 1 aliphatic heterocycles. The molecule has 1 heterocycles. The van der Waals surface area contributed by atoms with Crippen molar-refractivity contribution in [1.82, 2.24) is 4.90 Å². The highest BCUT2D eigenvalue weighted by molar-refractivity contribution is 5.91. The summed E-state index contributed by atoms with van der Waals surface area (Å²) >= 11 is 0. The Morgan fingerprint density at radius 2 is 1.66 bits per heavy atom. The maximum absolute atomic E-state index is 2.57. The highest BCUT2D eigenvalue weighted by Gasteiger charge is 2.36. The van der Waals surface area contributed by atoms with Crippen molar-refractivity contribution >= 4 is 11.3 Å². The molecule has 0 aromatic heterocycles. The Kier molecular flexibility index (Phi) is 4.63. The van der Waals surface area contributed by atoms with E-state index in [1.807, 2.05) is 0 Å². The molecular weight excluding hydrogens is 352 g/mol. The van der Waals surface area contributed by atoms with E-state index < -0.39 is 0 Å². The van der Waals surface area contributed by atoms with Gasteiger partial charge in [0, 0.05) is 23.9 Å². The van der Waals surface area contributed by atoms with Crippen LogP contribution in [-0.2, 0) is 0 Å². The molecule has 0 radical (unpaired) electrons. The van der Waals surface area contributed by atoms with E-state index in [2.05, 4.69) is 103 Å². The van der Waals surface area contributed by atoms with Crippen molar-refractivity contribution in [2.75, 3.05) is 11.9 Å². The second-order valence-electron chi connectivity index (χ2n) is 8.11. The SMILES string of the molecule is CC1N(C)C2=C(C=CCC2)N1c1c(C2=CC=CCC2)cccc1-c1ccccc1. The summed E-state index contributed by atoms with van der Waals surface area (Å²) in [5, 5.41) is 0. The maximum atomic E-state index is 2.57. The van der Waals surface area contributed by atoms with Gasteiger partial charge in [-0.05, 0) is 49.8 Å². The van der Waals surface area contributed by atoms with Gasteiger partial charge in [0.15, 0.2) is 0 Å². The fourth-order valence-electron chi connectivity index (χ4n) is 4.86. The van der Waals surface area contributed by atoms with Gasteiger partial charge in [0.05, 0.1) is 11.4 Å². The molecule has 1 unspecified atom stereocenters. The maximum Gasteiger partial charge on any atom is 0.103 e. The smallest absolute Gasteiger partial charge is 0.103 e. The first-order valence-corrected chi connectivity index (χ1v) is 10.7. The number of hydrogen-bond acceptors (Lipinski definition) is 2. The minimum atomic E-state index is 0.297. The molecule has 0 amide bonds. The van der Waals surface area contributed by atoms with Gasteiger partial charge in [-0.25, -0.2) is 0 Å². The first kappa shape index (κ1) is 18.1. The van der Waals surface area contributed by atoms with E-state index in [1.54, 1.807) is 0 Å². The largest absolute Gasteiger partial charge is 0.356 e. The molecule has 2 heteroatoms. The standard InChI is InChI=1S/C27H28N2/c1-20-28(2)25-18-9-10-19-26(25)29(20)27-23(21-12-5-3-6-13-21)16-11-17-24(27)22-14-7-4-8-15-22/h3-7,10-14,16-17,19-20H,8-9,15,18H2,1-2H3. The van der Waals surface area contributed by atoms with Crippen LogP contribution < -0.4 is 4.90 Å². The zero-order valence-corrected chi connectivity index (χ0v) is 17.3. The van der Waals surface area contributed by atoms with Crippen molar-refractivity contribution < 1.29 is 0 Å². The van der Waals surface area contributed by atoms with Gasteiger partial charge in [-0.15, -0.1) is 0 Å². The predicted octanol–water partition coefficient (Wildman–Crippen LogP) is 6.75. The third kappa shape index (κ3) is 3.04. The van der Waals surface area contributed by atoms with Crippen LogP contribution in [-0.4, -0.2) is 18.1 Å². The van der Waals surface area contributed by atoms with E-state index in [0.717, 1.165) is 25.7 Å². The van der Waals surface area contributed by atoms with Crippen LogP contribution in [0.1, 0.15) is 38.2 Å². The fraction of sp³-hybridized carbons (Fsp3) is 0.259. The van der Waals surface area contributed by atoms with E-state index in [4.69, 9.17) is 0 Å². The minimum absolute atomic E-state index is 0.297. The van der Waals surface area contributed by atoms with Crippen LogP contribution in [0.2, 0.25) is 0 Å². The highest BCUT2D eigenvalue weighted by atomic mass is 15.4. The van der Waals surface area contributed by atoms with Crippen LogP contribution in [0.5, 0.6) is 0 Å². The van der Waals surface area contributed by atoms with E-state index in [9.17, 15) is 0 Å². The van der Waals surface area contributed by atoms with Gasteiger partial charge in [-0.3, -0.25) is 0 Å². The Labute approximate surface area is 174 Å². The Morgan fingerprint density at radius 3 is 2.45 bits per heavy atom. The summed E-state index contributed by atoms with van der Waals surface area (Å²) in [5.41, 5.74) is 9.56. The Bertz CT molecular complexity index is 1040. The molecule has 146 valence electrons. The van der Waals surface area contributed by atoms with E-state index in [0.29, 0.717) is 6.17 Å². The van der Waals surface area contributed by atoms with Crippen molar-refractivity contribution in [3.8, 4) is 11.1 Å². The number of anilines is 1. The van der Waals surface area contributed by atoms with Crippen molar-refractivity contribution in [1.29, 1.82) is 0 Å². The molecule has 2 aromatic carbocycles. The van der Waals surface area contributed by atoms with Crippen molar-refractivity contribution in [3.05, 3.63) is 95.9 Å². The van der Waals surface area contributed by atoms with Crippen molar-refractivity contribution in [2.45, 2.75) is 38.8 Å². The van der Waals surface area contributed by atoms with Crippen LogP contribution in [0.3, 0.4) is 0 Å². The summed E-state index contributed by atoms with van der Waals surface area (Å²) in [6, 6.07) is 17.6. The molecule has 0 fully saturated rings. The molecule has 0 spiro atoms. The second-order valence-corrected chi connectivity index (χ2v) is 8.11. The number of hydrogen-bond donors (Lipinski definition) is 0. The van der Waals surface area contributed by atoms with Crippen LogP contribution in [0.4, 0.5) is 5.69 Å². The molecule has 2 nitrogen and oxygen atoms in total. The van der Waals surface area contributed by atoms with Crippen molar-refractivity contribution in [2.24, 2.45) is 0 Å². The summed E-state index contributed by atoms with van der Waals surface area (Å²) in [5.74, 6) is 0. The molecule has 29 heavy (non-hydrogen) atoms. The molecule has 2 aliphatic carbocycles. The lowest BCUT2D eigenvalue weighted by Crippen LogP contribution is -2.36. The predicted molar refractivity (Wildman–Crippen MR) is 123 cm³/mol. The van der Waals surface area contributed by atoms with Gasteiger partial charge >= 0.3 is 0 Å². The van der Waals surface area contributed by atoms with Crippen molar-refractivity contribution in [3.63, 3.8) is 0 Å². The monoisotopic (exact) mass is 380 g/mol. The topological polar surface area (TPSA) is 6.48 Å². The quantitative estimate of drug-likeness (QED) is 0.581. The zero-order chi connectivity index (χ0) is 19.8. The number of benzene rings is 2. The Morgan fingerprint density at radius 1 is 0.862 bits per heavy atom. The summed E-state index contributed by atoms with van der Waals surface area (Å²) in [6.45, 7) is 2.33. The van der Waals surface area contributed by atoms with E-state index in [-0.39, 0.29) is 0 Å². The highest BCUT2D eigenvalue weighted by Crippen LogP contribution is 2.46. The average molecular weight is 381 g/mol. The second kappa shape index (κ2) is 7.44. The van der Waals surface area contributed by atoms with Crippen LogP contribution in [0.15, 0.2) is 90.3 Å². The molecule has 0 saturated heterocycles. The zero-order valence-electron chi connectivity index (χ0n) is 17.3. The summed E-state index contributed by atoms with van der Waals surface area (Å²) in [4.78, 5) is 5.03. The van der Waals surface area contributed by atoms with Gasteiger partial charge in [0.1, 0.15) is 6.17 Å². The molecule has 2 aromatic rings. The Balaban J connectivity index is 1.76. The Hall–Kier alpha value is -3.00. The van der Waals surface area contributed by atoms with Crippen LogP contribution >= 0.6 is 0 Å². The number of allylic oxidation sites excluding steroid dienone is 7. The summed E-state index contributed by atoms with van der Waals surface area (Å²) in [7, 11) is 2.24. The molecule has 3 aliphatic rings. The number of para-hydroxylation sites is 1. The lowest BCUT2D eigenvalue weighted by atomic mass is 9.90. The minimum Gasteiger partial charge on any atom is -0.356 e. The fourth-order valence-corrected chi connectivity index (χ4v) is 4.86. The molecule has 1 atom stereocenters. The molecule has 0 bridgehead atoms. The van der Waals surface area contributed by atoms with Gasteiger partial charge < -0.3 is 9.80 Å². The third-order valence-electron chi connectivity index (χ3n) is 6.46.